The molecule has 0 bridgehead atoms. The quantitative estimate of drug-likeness (QED) is 0.0234. The highest BCUT2D eigenvalue weighted by molar-refractivity contribution is 8.13. The largest absolute Gasteiger partial charge is 0.508 e. The van der Waals surface area contributed by atoms with E-state index in [2.05, 4.69) is 37.7 Å². The van der Waals surface area contributed by atoms with Gasteiger partial charge in [-0.1, -0.05) is 54.2 Å². The van der Waals surface area contributed by atoms with Gasteiger partial charge in [-0.25, -0.2) is 21.7 Å². The molecule has 8 atom stereocenters. The van der Waals surface area contributed by atoms with Gasteiger partial charge in [-0.15, -0.1) is 0 Å². The van der Waals surface area contributed by atoms with E-state index in [1.165, 1.54) is 30.8 Å². The molecule has 2 aromatic rings. The minimum Gasteiger partial charge on any atom is -0.508 e. The Morgan fingerprint density at radius 1 is 0.767 bits per heavy atom. The summed E-state index contributed by atoms with van der Waals surface area (Å²) in [6.07, 6.45) is 0.531. The third kappa shape index (κ3) is 18.0. The number of aromatic hydroxyl groups is 1. The number of benzene rings is 2. The Bertz CT molecular complexity index is 1740. The zero-order valence-corrected chi connectivity index (χ0v) is 35.3. The minimum absolute atomic E-state index is 0.0137. The summed E-state index contributed by atoms with van der Waals surface area (Å²) in [5.41, 5.74) is 11.4. The molecule has 19 nitrogen and oxygen atoms in total. The van der Waals surface area contributed by atoms with Gasteiger partial charge in [-0.05, 0) is 75.4 Å². The second-order valence-electron chi connectivity index (χ2n) is 13.7. The van der Waals surface area contributed by atoms with Crippen LogP contribution in [0.1, 0.15) is 37.8 Å². The molecule has 0 aliphatic rings. The summed E-state index contributed by atoms with van der Waals surface area (Å²) in [4.78, 5) is 103. The minimum atomic E-state index is -1.76. The molecule has 330 valence electrons. The summed E-state index contributed by atoms with van der Waals surface area (Å²) in [5, 5.41) is 47.1. The van der Waals surface area contributed by atoms with Gasteiger partial charge in [-0.2, -0.15) is 11.8 Å². The van der Waals surface area contributed by atoms with Crippen LogP contribution in [0.2, 0.25) is 0 Å². The number of carboxylic acids is 1. The van der Waals surface area contributed by atoms with Crippen LogP contribution in [0.15, 0.2) is 54.6 Å². The molecule has 0 aliphatic carbocycles. The van der Waals surface area contributed by atoms with E-state index >= 15 is 0 Å². The molecule has 0 heterocycles. The number of amides is 2. The Hall–Kier alpha value is -4.58. The number of aldehydes is 1. The van der Waals surface area contributed by atoms with Crippen LogP contribution >= 0.6 is 23.5 Å². The van der Waals surface area contributed by atoms with Gasteiger partial charge < -0.3 is 41.2 Å². The van der Waals surface area contributed by atoms with Gasteiger partial charge in [0.1, 0.15) is 36.2 Å². The van der Waals surface area contributed by atoms with E-state index in [9.17, 15) is 58.8 Å². The average molecular weight is 878 g/mol. The number of phenols is 1. The highest BCUT2D eigenvalue weighted by Crippen LogP contribution is 2.14. The number of carboxylic acid groups (broad SMARTS) is 1. The fourth-order valence-corrected chi connectivity index (χ4v) is 6.95. The number of aliphatic hydroxyl groups excluding tert-OH is 2. The first kappa shape index (κ1) is 51.6. The molecule has 0 aliphatic heterocycles. The molecular formula is C39H55N7O12S2. The number of Topliss-reactive ketones (excluding diaryl/α,β-unsaturated/α-hetero) is 3. The SMILES string of the molecule is CN[C@@H](CCSC)C(=O)SC[C@H](NN[C@H](C(=O)C(=O)[C@H](CO)NN[C@H](C=O)Cc1ccc(O)cc1)[C@@H](C)O)C(=O)N[C@@H](CC(=O)O)C(=O)N[C@@H](Cc1ccccc1)C(C)=O. The molecule has 2 aromatic carbocycles. The van der Waals surface area contributed by atoms with Crippen molar-refractivity contribution in [2.75, 3.05) is 31.4 Å². The number of carbonyl (C=O) groups is 8. The number of hydrogen-bond donors (Lipinski definition) is 11. The molecule has 0 fully saturated rings. The first-order chi connectivity index (χ1) is 28.5. The average Bonchev–Trinajstić information content (AvgIpc) is 3.21. The summed E-state index contributed by atoms with van der Waals surface area (Å²) in [5.74, 6) is -6.09. The number of hydrogen-bond acceptors (Lipinski definition) is 18. The third-order valence-electron chi connectivity index (χ3n) is 8.97. The topological polar surface area (TPSA) is 302 Å². The van der Waals surface area contributed by atoms with Gasteiger partial charge in [0, 0.05) is 5.75 Å². The summed E-state index contributed by atoms with van der Waals surface area (Å²) in [6.45, 7) is 1.49. The Morgan fingerprint density at radius 3 is 1.92 bits per heavy atom. The molecule has 0 saturated heterocycles. The molecule has 11 N–H and O–H groups in total. The van der Waals surface area contributed by atoms with Crippen molar-refractivity contribution in [2.24, 2.45) is 0 Å². The molecule has 0 aromatic heterocycles. The van der Waals surface area contributed by atoms with Crippen LogP contribution in [0, 0.1) is 0 Å². The Labute approximate surface area is 356 Å². The number of rotatable bonds is 30. The highest BCUT2D eigenvalue weighted by Gasteiger charge is 2.36. The van der Waals surface area contributed by atoms with E-state index in [-0.39, 0.29) is 29.5 Å². The number of phenolic OH excluding ortho intramolecular Hbond substituents is 1. The van der Waals surface area contributed by atoms with E-state index in [1.807, 2.05) is 6.26 Å². The Morgan fingerprint density at radius 2 is 1.37 bits per heavy atom. The zero-order chi connectivity index (χ0) is 44.8. The Balaban J connectivity index is 2.29. The van der Waals surface area contributed by atoms with Gasteiger partial charge in [-0.3, -0.25) is 33.6 Å². The number of hydrazine groups is 2. The number of nitrogens with one attached hydrogen (secondary N) is 7. The van der Waals surface area contributed by atoms with E-state index < -0.39 is 96.6 Å². The number of thioether (sulfide) groups is 2. The number of carbonyl (C=O) groups excluding carboxylic acids is 7. The molecular weight excluding hydrogens is 823 g/mol. The lowest BCUT2D eigenvalue weighted by molar-refractivity contribution is -0.142. The lowest BCUT2D eigenvalue weighted by atomic mass is 10.0. The first-order valence-corrected chi connectivity index (χ1v) is 21.2. The second-order valence-corrected chi connectivity index (χ2v) is 15.7. The molecule has 2 amide bonds. The molecule has 0 unspecified atom stereocenters. The van der Waals surface area contributed by atoms with Crippen LogP contribution in [0.5, 0.6) is 5.75 Å². The lowest BCUT2D eigenvalue weighted by Gasteiger charge is -2.27. The van der Waals surface area contributed by atoms with Crippen molar-refractivity contribution < 1.29 is 58.8 Å². The van der Waals surface area contributed by atoms with Gasteiger partial charge in [0.05, 0.1) is 37.3 Å². The van der Waals surface area contributed by atoms with Crippen molar-refractivity contribution >= 4 is 70.1 Å². The standard InChI is InChI=1S/C39H55N7O12S2/c1-22(49)29(17-24-8-6-5-7-9-24)41-37(56)30(18-33(52)53)42-38(57)32(21-60-39(58)28(40-3)14-15-59-4)45-46-34(23(2)50)36(55)35(54)31(20-48)44-43-26(19-47)16-25-10-12-27(51)13-11-25/h5-13,19,23,26,28-32,34,40,43-46,48,50-51H,14-18,20-21H2,1-4H3,(H,41,56)(H,42,57)(H,52,53)/t23-,26+,28+,29+,30+,31+,32+,34+/m1/s1. The van der Waals surface area contributed by atoms with E-state index in [4.69, 9.17) is 0 Å². The first-order valence-electron chi connectivity index (χ1n) is 18.9. The third-order valence-corrected chi connectivity index (χ3v) is 10.7. The van der Waals surface area contributed by atoms with Crippen molar-refractivity contribution in [3.63, 3.8) is 0 Å². The van der Waals surface area contributed by atoms with Gasteiger partial charge in [0.2, 0.25) is 28.5 Å². The van der Waals surface area contributed by atoms with Crippen molar-refractivity contribution in [3.8, 4) is 5.75 Å². The Kier molecular flexibility index (Phi) is 23.5. The summed E-state index contributed by atoms with van der Waals surface area (Å²) < 4.78 is 0. The predicted molar refractivity (Wildman–Crippen MR) is 225 cm³/mol. The normalized spacial score (nSPS) is 15.2. The maximum Gasteiger partial charge on any atom is 0.305 e. The lowest BCUT2D eigenvalue weighted by Crippen LogP contribution is -2.63. The van der Waals surface area contributed by atoms with E-state index in [1.54, 1.807) is 49.5 Å². The molecule has 2 rings (SSSR count). The monoisotopic (exact) mass is 877 g/mol. The molecule has 0 radical (unpaired) electrons. The fourth-order valence-electron chi connectivity index (χ4n) is 5.48. The molecule has 60 heavy (non-hydrogen) atoms. The van der Waals surface area contributed by atoms with Crippen LogP contribution < -0.4 is 37.7 Å². The number of ketones is 3. The summed E-state index contributed by atoms with van der Waals surface area (Å²) in [7, 11) is 1.59. The van der Waals surface area contributed by atoms with Crippen LogP contribution in [0.4, 0.5) is 0 Å². The van der Waals surface area contributed by atoms with Crippen LogP contribution in [0.3, 0.4) is 0 Å². The second kappa shape index (κ2) is 27.3. The van der Waals surface area contributed by atoms with Crippen molar-refractivity contribution in [1.29, 1.82) is 0 Å². The fraction of sp³-hybridized carbons (Fsp3) is 0.487. The van der Waals surface area contributed by atoms with Crippen molar-refractivity contribution in [3.05, 3.63) is 65.7 Å². The van der Waals surface area contributed by atoms with E-state index in [0.29, 0.717) is 41.3 Å². The van der Waals surface area contributed by atoms with Gasteiger partial charge >= 0.3 is 5.97 Å². The van der Waals surface area contributed by atoms with Gasteiger partial charge in [0.15, 0.2) is 5.78 Å². The number of aliphatic carboxylic acids is 1. The van der Waals surface area contributed by atoms with Crippen molar-refractivity contribution in [1.82, 2.24) is 37.7 Å². The highest BCUT2D eigenvalue weighted by atomic mass is 32.2. The smallest absolute Gasteiger partial charge is 0.305 e. The van der Waals surface area contributed by atoms with Crippen LogP contribution in [0.25, 0.3) is 0 Å². The number of likely N-dealkylation sites (N-methyl/N-ethyl adjacent to an activating group) is 1. The molecule has 0 saturated carbocycles. The van der Waals surface area contributed by atoms with Crippen LogP contribution in [-0.4, -0.2) is 147 Å². The predicted octanol–water partition coefficient (Wildman–Crippen LogP) is -1.82. The van der Waals surface area contributed by atoms with Crippen LogP contribution in [-0.2, 0) is 51.2 Å². The molecule has 0 spiro atoms. The van der Waals surface area contributed by atoms with Gasteiger partial charge in [0.25, 0.3) is 0 Å². The van der Waals surface area contributed by atoms with E-state index in [0.717, 1.165) is 6.92 Å². The number of aliphatic hydroxyl groups is 2. The maximum atomic E-state index is 13.8. The molecule has 21 heteroatoms. The maximum absolute atomic E-state index is 13.8. The van der Waals surface area contributed by atoms with Crippen molar-refractivity contribution in [2.45, 2.75) is 87.9 Å². The zero-order valence-electron chi connectivity index (χ0n) is 33.7. The summed E-state index contributed by atoms with van der Waals surface area (Å²) >= 11 is 2.23. The summed E-state index contributed by atoms with van der Waals surface area (Å²) in [6, 6.07) is 5.49.